The molecule has 4 saturated carbocycles. The molecule has 8 nitrogen and oxygen atoms in total. The molecule has 37 heavy (non-hydrogen) atoms. The highest BCUT2D eigenvalue weighted by atomic mass is 35.5. The van der Waals surface area contributed by atoms with E-state index in [-0.39, 0.29) is 36.4 Å². The predicted octanol–water partition coefficient (Wildman–Crippen LogP) is 3.97. The maximum Gasteiger partial charge on any atom is 0.258 e. The lowest BCUT2D eigenvalue weighted by Crippen LogP contribution is -2.55. The van der Waals surface area contributed by atoms with E-state index in [0.29, 0.717) is 29.8 Å². The molecule has 0 aromatic carbocycles. The van der Waals surface area contributed by atoms with Crippen LogP contribution in [0.25, 0.3) is 6.20 Å². The molecule has 5 fully saturated rings. The van der Waals surface area contributed by atoms with Gasteiger partial charge in [0, 0.05) is 31.9 Å². The summed E-state index contributed by atoms with van der Waals surface area (Å²) in [5.41, 5.74) is -0.237. The van der Waals surface area contributed by atoms with Crippen LogP contribution in [0.5, 0.6) is 5.88 Å². The Hall–Kier alpha value is -2.06. The molecular weight excluding hydrogens is 490 g/mol. The average molecular weight is 534 g/mol. The van der Waals surface area contributed by atoms with Gasteiger partial charge in [0.2, 0.25) is 11.8 Å². The molecule has 1 saturated heterocycles. The van der Waals surface area contributed by atoms with E-state index in [1.54, 1.807) is 17.1 Å². The third kappa shape index (κ3) is 6.00. The quantitative estimate of drug-likeness (QED) is 0.553. The summed E-state index contributed by atoms with van der Waals surface area (Å²) in [7, 11) is 0. The summed E-state index contributed by atoms with van der Waals surface area (Å²) in [6.07, 6.45) is 12.5. The summed E-state index contributed by atoms with van der Waals surface area (Å²) in [5.74, 6) is 3.38. The molecule has 2 N–H and O–H groups in total. The lowest BCUT2D eigenvalue weighted by Gasteiger charge is -2.54. The molecule has 2 amide bonds. The van der Waals surface area contributed by atoms with Crippen LogP contribution in [0.3, 0.4) is 0 Å². The van der Waals surface area contributed by atoms with E-state index >= 15 is 0 Å². The zero-order chi connectivity index (χ0) is 25.4. The lowest BCUT2D eigenvalue weighted by molar-refractivity contribution is -0.137. The Kier molecular flexibility index (Phi) is 8.58. The van der Waals surface area contributed by atoms with Crippen LogP contribution in [0.1, 0.15) is 76.6 Å². The van der Waals surface area contributed by atoms with Crippen molar-refractivity contribution in [2.75, 3.05) is 26.2 Å². The van der Waals surface area contributed by atoms with E-state index in [2.05, 4.69) is 15.7 Å². The molecule has 1 aliphatic heterocycles. The average Bonchev–Trinajstić information content (AvgIpc) is 3.02. The fourth-order valence-corrected chi connectivity index (χ4v) is 7.13. The number of carbonyl (C=O) groups excluding carboxylic acids is 2. The van der Waals surface area contributed by atoms with Crippen molar-refractivity contribution >= 4 is 30.4 Å². The third-order valence-electron chi connectivity index (χ3n) is 8.68. The minimum atomic E-state index is -0.700. The Labute approximate surface area is 227 Å². The fourth-order valence-electron chi connectivity index (χ4n) is 7.13. The largest absolute Gasteiger partial charge is 0.474 e. The molecule has 1 aromatic heterocycles. The highest BCUT2D eigenvalue weighted by molar-refractivity contribution is 5.96. The number of carbonyl (C=O) groups is 2. The minimum absolute atomic E-state index is 0. The van der Waals surface area contributed by atoms with E-state index < -0.39 is 5.41 Å². The van der Waals surface area contributed by atoms with Crippen molar-refractivity contribution in [3.8, 4) is 5.88 Å². The van der Waals surface area contributed by atoms with Crippen molar-refractivity contribution < 1.29 is 14.3 Å². The van der Waals surface area contributed by atoms with Gasteiger partial charge in [-0.05, 0) is 96.4 Å². The second-order valence-electron chi connectivity index (χ2n) is 12.3. The van der Waals surface area contributed by atoms with E-state index in [9.17, 15) is 9.59 Å². The van der Waals surface area contributed by atoms with Crippen LogP contribution in [0.15, 0.2) is 12.3 Å². The van der Waals surface area contributed by atoms with Crippen molar-refractivity contribution in [3.05, 3.63) is 17.8 Å². The summed E-state index contributed by atoms with van der Waals surface area (Å²) in [6.45, 7) is 11.0. The number of aromatic nitrogens is 2. The first-order valence-electron chi connectivity index (χ1n) is 14.0. The lowest BCUT2D eigenvalue weighted by atomic mass is 9.54. The maximum atomic E-state index is 13.5. The van der Waals surface area contributed by atoms with E-state index in [4.69, 9.17) is 4.74 Å². The Morgan fingerprint density at radius 1 is 1.11 bits per heavy atom. The van der Waals surface area contributed by atoms with Gasteiger partial charge in [-0.15, -0.1) is 12.4 Å². The van der Waals surface area contributed by atoms with Gasteiger partial charge in [0.1, 0.15) is 5.56 Å². The summed E-state index contributed by atoms with van der Waals surface area (Å²) in [4.78, 5) is 28.6. The van der Waals surface area contributed by atoms with Gasteiger partial charge in [0.15, 0.2) is 0 Å². The maximum absolute atomic E-state index is 13.5. The van der Waals surface area contributed by atoms with Crippen LogP contribution in [-0.4, -0.2) is 64.8 Å². The number of hydrogen-bond donors (Lipinski definition) is 2. The summed E-state index contributed by atoms with van der Waals surface area (Å²) >= 11 is 0. The number of nitrogens with one attached hydrogen (secondary N) is 2. The minimum Gasteiger partial charge on any atom is -0.474 e. The second kappa shape index (κ2) is 11.4. The summed E-state index contributed by atoms with van der Waals surface area (Å²) in [6, 6.07) is 0.260. The first-order valence-corrected chi connectivity index (χ1v) is 14.0. The van der Waals surface area contributed by atoms with E-state index in [1.165, 1.54) is 32.1 Å². The molecule has 206 valence electrons. The van der Waals surface area contributed by atoms with Crippen molar-refractivity contribution in [2.24, 2.45) is 29.1 Å². The van der Waals surface area contributed by atoms with Crippen LogP contribution in [0.2, 0.25) is 0 Å². The molecule has 0 radical (unpaired) electrons. The van der Waals surface area contributed by atoms with Crippen LogP contribution in [0.4, 0.5) is 0 Å². The first-order chi connectivity index (χ1) is 17.2. The zero-order valence-electron chi connectivity index (χ0n) is 22.7. The van der Waals surface area contributed by atoms with Crippen molar-refractivity contribution in [3.63, 3.8) is 0 Å². The predicted molar refractivity (Wildman–Crippen MR) is 147 cm³/mol. The van der Waals surface area contributed by atoms with Crippen LogP contribution in [-0.2, 0) is 4.79 Å². The highest BCUT2D eigenvalue weighted by Crippen LogP contribution is 2.53. The molecule has 5 aliphatic rings. The third-order valence-corrected chi connectivity index (χ3v) is 8.68. The van der Waals surface area contributed by atoms with Gasteiger partial charge in [-0.25, -0.2) is 4.68 Å². The molecule has 0 atom stereocenters. The summed E-state index contributed by atoms with van der Waals surface area (Å²) in [5, 5.41) is 11.2. The Bertz CT molecular complexity index is 968. The molecule has 4 aliphatic carbocycles. The summed E-state index contributed by atoms with van der Waals surface area (Å²) < 4.78 is 7.69. The number of amides is 2. The van der Waals surface area contributed by atoms with Gasteiger partial charge in [0.05, 0.1) is 17.7 Å². The van der Waals surface area contributed by atoms with Gasteiger partial charge in [-0.3, -0.25) is 9.59 Å². The molecule has 1 aromatic rings. The Morgan fingerprint density at radius 3 is 2.43 bits per heavy atom. The smallest absolute Gasteiger partial charge is 0.258 e. The second-order valence-corrected chi connectivity index (χ2v) is 12.3. The van der Waals surface area contributed by atoms with E-state index in [0.717, 1.165) is 37.9 Å². The van der Waals surface area contributed by atoms with Crippen LogP contribution in [0, 0.1) is 29.1 Å². The van der Waals surface area contributed by atoms with Gasteiger partial charge >= 0.3 is 0 Å². The van der Waals surface area contributed by atoms with Crippen LogP contribution >= 0.6 is 12.4 Å². The van der Waals surface area contributed by atoms with Crippen molar-refractivity contribution in [1.82, 2.24) is 25.3 Å². The fraction of sp³-hybridized carbons (Fsp3) is 0.750. The topological polar surface area (TPSA) is 88.5 Å². The SMILES string of the molecule is CC(C)Oc1c(C(=O)NC2C3CC4CC(C3)CC2C4)cnn1/C=C/C(C)(C)C(=O)N1CCCNCC1.Cl. The standard InChI is InChI=1S/C28H43N5O3.ClH/c1-18(2)36-26-23(25(34)31-24-21-13-19-12-20(15-21)16-22(24)14-19)17-30-33(26)10-6-28(3,4)27(35)32-9-5-7-29-8-11-32;/h6,10,17-22,24,29H,5,7-9,11-16H2,1-4H3,(H,31,34);1H/b10-6+;. The van der Waals surface area contributed by atoms with Gasteiger partial charge < -0.3 is 20.3 Å². The Morgan fingerprint density at radius 2 is 1.78 bits per heavy atom. The molecule has 9 heteroatoms. The molecular formula is C28H44ClN5O3. The normalized spacial score (nSPS) is 29.3. The van der Waals surface area contributed by atoms with Crippen molar-refractivity contribution in [1.29, 1.82) is 0 Å². The number of nitrogens with zero attached hydrogens (tertiary/aromatic N) is 3. The highest BCUT2D eigenvalue weighted by Gasteiger charge is 2.48. The number of rotatable bonds is 7. The first kappa shape index (κ1) is 28.0. The number of hydrogen-bond acceptors (Lipinski definition) is 5. The molecule has 2 heterocycles. The zero-order valence-corrected chi connectivity index (χ0v) is 23.6. The van der Waals surface area contributed by atoms with Gasteiger partial charge in [0.25, 0.3) is 5.91 Å². The Balaban J connectivity index is 0.00000320. The molecule has 6 rings (SSSR count). The van der Waals surface area contributed by atoms with E-state index in [1.807, 2.05) is 38.7 Å². The van der Waals surface area contributed by atoms with Gasteiger partial charge in [-0.2, -0.15) is 5.10 Å². The number of ether oxygens (including phenoxy) is 1. The van der Waals surface area contributed by atoms with Crippen molar-refractivity contribution in [2.45, 2.75) is 78.4 Å². The molecule has 0 unspecified atom stereocenters. The number of halogens is 1. The van der Waals surface area contributed by atoms with Crippen LogP contribution < -0.4 is 15.4 Å². The monoisotopic (exact) mass is 533 g/mol. The van der Waals surface area contributed by atoms with Gasteiger partial charge in [-0.1, -0.05) is 6.08 Å². The molecule has 0 spiro atoms. The molecule has 4 bridgehead atoms.